The molecule has 1 unspecified atom stereocenters. The van der Waals surface area contributed by atoms with Crippen molar-refractivity contribution in [1.82, 2.24) is 4.90 Å². The summed E-state index contributed by atoms with van der Waals surface area (Å²) in [6, 6.07) is 8.10. The van der Waals surface area contributed by atoms with Gasteiger partial charge in [-0.3, -0.25) is 4.79 Å². The molecule has 1 aliphatic heterocycles. The number of carbonyl (C=O) groups is 1. The summed E-state index contributed by atoms with van der Waals surface area (Å²) >= 11 is 5.98. The van der Waals surface area contributed by atoms with Gasteiger partial charge in [0.25, 0.3) is 0 Å². The number of nitrogens with zero attached hydrogens (tertiary/aromatic N) is 1. The van der Waals surface area contributed by atoms with Crippen LogP contribution in [0.5, 0.6) is 0 Å². The number of likely N-dealkylation sites (tertiary alicyclic amines) is 1. The minimum atomic E-state index is -0.450. The fourth-order valence-corrected chi connectivity index (χ4v) is 3.51. The second-order valence-electron chi connectivity index (χ2n) is 7.86. The van der Waals surface area contributed by atoms with Gasteiger partial charge in [0.15, 0.2) is 0 Å². The van der Waals surface area contributed by atoms with Crippen LogP contribution in [-0.2, 0) is 4.79 Å². The number of benzene rings is 1. The summed E-state index contributed by atoms with van der Waals surface area (Å²) in [5, 5.41) is 0.763. The maximum Gasteiger partial charge on any atom is 0.224 e. The highest BCUT2D eigenvalue weighted by Gasteiger charge is 2.38. The van der Waals surface area contributed by atoms with Crippen molar-refractivity contribution in [2.75, 3.05) is 13.1 Å². The largest absolute Gasteiger partial charge is 0.342 e. The molecule has 3 nitrogen and oxygen atoms in total. The fourth-order valence-electron chi connectivity index (χ4n) is 3.38. The summed E-state index contributed by atoms with van der Waals surface area (Å²) in [4.78, 5) is 14.4. The minimum Gasteiger partial charge on any atom is -0.342 e. The first kappa shape index (κ1) is 17.3. The van der Waals surface area contributed by atoms with E-state index in [0.29, 0.717) is 12.3 Å². The molecule has 4 heteroatoms. The molecule has 1 aromatic carbocycles. The van der Waals surface area contributed by atoms with Crippen LogP contribution in [0.4, 0.5) is 0 Å². The smallest absolute Gasteiger partial charge is 0.224 e. The van der Waals surface area contributed by atoms with Gasteiger partial charge < -0.3 is 10.6 Å². The Balaban J connectivity index is 2.09. The van der Waals surface area contributed by atoms with E-state index in [2.05, 4.69) is 26.0 Å². The Labute approximate surface area is 138 Å². The number of rotatable bonds is 3. The van der Waals surface area contributed by atoms with Gasteiger partial charge in [0, 0.05) is 30.1 Å². The number of hydrogen-bond acceptors (Lipinski definition) is 2. The summed E-state index contributed by atoms with van der Waals surface area (Å²) in [7, 11) is 0. The summed E-state index contributed by atoms with van der Waals surface area (Å²) in [6.45, 7) is 9.84. The van der Waals surface area contributed by atoms with E-state index in [9.17, 15) is 4.79 Å². The molecule has 1 atom stereocenters. The summed E-state index contributed by atoms with van der Waals surface area (Å²) < 4.78 is 0. The molecule has 22 heavy (non-hydrogen) atoms. The molecular formula is C18H27ClN2O. The van der Waals surface area contributed by atoms with Crippen LogP contribution in [0.1, 0.15) is 52.0 Å². The molecule has 0 aliphatic carbocycles. The molecule has 0 spiro atoms. The molecule has 1 heterocycles. The fraction of sp³-hybridized carbons (Fsp3) is 0.611. The molecule has 0 aromatic heterocycles. The SMILES string of the molecule is CC(C)(N)CC(=O)N1CCC(c2ccc(Cl)cc2)C(C)(C)C1. The molecule has 2 N–H and O–H groups in total. The van der Waals surface area contributed by atoms with Crippen molar-refractivity contribution in [3.05, 3.63) is 34.9 Å². The van der Waals surface area contributed by atoms with Gasteiger partial charge in [0.2, 0.25) is 5.91 Å². The van der Waals surface area contributed by atoms with Crippen LogP contribution in [0.2, 0.25) is 5.02 Å². The summed E-state index contributed by atoms with van der Waals surface area (Å²) in [6.07, 6.45) is 1.38. The highest BCUT2D eigenvalue weighted by Crippen LogP contribution is 2.42. The number of halogens is 1. The van der Waals surface area contributed by atoms with Crippen molar-refractivity contribution < 1.29 is 4.79 Å². The Morgan fingerprint density at radius 1 is 1.36 bits per heavy atom. The molecule has 2 rings (SSSR count). The summed E-state index contributed by atoms with van der Waals surface area (Å²) in [5.41, 5.74) is 6.88. The minimum absolute atomic E-state index is 0.0421. The standard InChI is InChI=1S/C18H27ClN2O/c1-17(2)12-21(16(22)11-18(3,4)20)10-9-15(17)13-5-7-14(19)8-6-13/h5-8,15H,9-12,20H2,1-4H3. The zero-order chi connectivity index (χ0) is 16.5. The first-order valence-corrected chi connectivity index (χ1v) is 8.28. The predicted octanol–water partition coefficient (Wildman–Crippen LogP) is 3.81. The van der Waals surface area contributed by atoms with E-state index in [1.807, 2.05) is 30.9 Å². The first-order chi connectivity index (χ1) is 10.1. The number of amides is 1. The molecule has 1 saturated heterocycles. The van der Waals surface area contributed by atoms with Crippen LogP contribution in [0.15, 0.2) is 24.3 Å². The third kappa shape index (κ3) is 4.23. The van der Waals surface area contributed by atoms with E-state index in [-0.39, 0.29) is 11.3 Å². The van der Waals surface area contributed by atoms with Gasteiger partial charge in [0.1, 0.15) is 0 Å². The molecule has 0 bridgehead atoms. The van der Waals surface area contributed by atoms with Crippen molar-refractivity contribution in [2.24, 2.45) is 11.1 Å². The molecule has 1 fully saturated rings. The monoisotopic (exact) mass is 322 g/mol. The molecule has 1 amide bonds. The van der Waals surface area contributed by atoms with Gasteiger partial charge in [-0.2, -0.15) is 0 Å². The third-order valence-corrected chi connectivity index (χ3v) is 4.71. The van der Waals surface area contributed by atoms with Crippen LogP contribution >= 0.6 is 11.6 Å². The van der Waals surface area contributed by atoms with Gasteiger partial charge in [-0.1, -0.05) is 37.6 Å². The van der Waals surface area contributed by atoms with E-state index in [1.165, 1.54) is 5.56 Å². The van der Waals surface area contributed by atoms with Crippen molar-refractivity contribution in [2.45, 2.75) is 52.0 Å². The van der Waals surface area contributed by atoms with Crippen LogP contribution in [-0.4, -0.2) is 29.4 Å². The lowest BCUT2D eigenvalue weighted by molar-refractivity contribution is -0.135. The quantitative estimate of drug-likeness (QED) is 0.919. The van der Waals surface area contributed by atoms with Crippen LogP contribution in [0.25, 0.3) is 0 Å². The average Bonchev–Trinajstić information content (AvgIpc) is 2.37. The van der Waals surface area contributed by atoms with Crippen LogP contribution < -0.4 is 5.73 Å². The second kappa shape index (κ2) is 6.21. The van der Waals surface area contributed by atoms with Crippen molar-refractivity contribution in [3.63, 3.8) is 0 Å². The van der Waals surface area contributed by atoms with Gasteiger partial charge in [-0.15, -0.1) is 0 Å². The maximum absolute atomic E-state index is 12.4. The Morgan fingerprint density at radius 3 is 2.45 bits per heavy atom. The molecule has 122 valence electrons. The van der Waals surface area contributed by atoms with Crippen molar-refractivity contribution in [3.8, 4) is 0 Å². The van der Waals surface area contributed by atoms with Gasteiger partial charge in [-0.25, -0.2) is 0 Å². The number of piperidine rings is 1. The number of hydrogen-bond donors (Lipinski definition) is 1. The zero-order valence-corrected chi connectivity index (χ0v) is 14.8. The maximum atomic E-state index is 12.4. The van der Waals surface area contributed by atoms with E-state index in [4.69, 9.17) is 17.3 Å². The lowest BCUT2D eigenvalue weighted by atomic mass is 9.70. The number of nitrogens with two attached hydrogens (primary N) is 1. The van der Waals surface area contributed by atoms with E-state index < -0.39 is 5.54 Å². The molecule has 0 saturated carbocycles. The van der Waals surface area contributed by atoms with Crippen molar-refractivity contribution in [1.29, 1.82) is 0 Å². The van der Waals surface area contributed by atoms with Crippen LogP contribution in [0.3, 0.4) is 0 Å². The zero-order valence-electron chi connectivity index (χ0n) is 14.0. The van der Waals surface area contributed by atoms with Crippen LogP contribution in [0, 0.1) is 5.41 Å². The Morgan fingerprint density at radius 2 is 1.95 bits per heavy atom. The van der Waals surface area contributed by atoms with E-state index in [0.717, 1.165) is 24.5 Å². The summed E-state index contributed by atoms with van der Waals surface area (Å²) in [5.74, 6) is 0.606. The topological polar surface area (TPSA) is 46.3 Å². The normalized spacial score (nSPS) is 21.7. The second-order valence-corrected chi connectivity index (χ2v) is 8.30. The average molecular weight is 323 g/mol. The number of carbonyl (C=O) groups excluding carboxylic acids is 1. The van der Waals surface area contributed by atoms with E-state index in [1.54, 1.807) is 0 Å². The Bertz CT molecular complexity index is 531. The predicted molar refractivity (Wildman–Crippen MR) is 92.1 cm³/mol. The third-order valence-electron chi connectivity index (χ3n) is 4.46. The Hall–Kier alpha value is -1.06. The first-order valence-electron chi connectivity index (χ1n) is 7.91. The van der Waals surface area contributed by atoms with Gasteiger partial charge in [-0.05, 0) is 49.3 Å². The van der Waals surface area contributed by atoms with Gasteiger partial charge in [0.05, 0.1) is 0 Å². The molecule has 0 radical (unpaired) electrons. The lowest BCUT2D eigenvalue weighted by Gasteiger charge is -2.45. The Kier molecular flexibility index (Phi) is 4.88. The van der Waals surface area contributed by atoms with E-state index >= 15 is 0 Å². The molecule has 1 aliphatic rings. The highest BCUT2D eigenvalue weighted by atomic mass is 35.5. The van der Waals surface area contributed by atoms with Crippen molar-refractivity contribution >= 4 is 17.5 Å². The molecule has 1 aromatic rings. The lowest BCUT2D eigenvalue weighted by Crippen LogP contribution is -2.49. The highest BCUT2D eigenvalue weighted by molar-refractivity contribution is 6.30. The van der Waals surface area contributed by atoms with Gasteiger partial charge >= 0.3 is 0 Å². The molecular weight excluding hydrogens is 296 g/mol.